The summed E-state index contributed by atoms with van der Waals surface area (Å²) in [5.41, 5.74) is 3.30. The van der Waals surface area contributed by atoms with Gasteiger partial charge in [-0.15, -0.1) is 16.4 Å². The number of piperidine rings is 1. The second kappa shape index (κ2) is 7.25. The van der Waals surface area contributed by atoms with Gasteiger partial charge in [-0.2, -0.15) is 0 Å². The van der Waals surface area contributed by atoms with Crippen LogP contribution in [0.1, 0.15) is 52.2 Å². The molecule has 1 atom stereocenters. The normalized spacial score (nSPS) is 20.5. The second-order valence-electron chi connectivity index (χ2n) is 7.13. The van der Waals surface area contributed by atoms with Gasteiger partial charge in [0.05, 0.1) is 17.7 Å². The van der Waals surface area contributed by atoms with Gasteiger partial charge in [0.2, 0.25) is 0 Å². The molecule has 1 amide bonds. The van der Waals surface area contributed by atoms with E-state index in [4.69, 9.17) is 5.11 Å². The fourth-order valence-electron chi connectivity index (χ4n) is 4.01. The van der Waals surface area contributed by atoms with Crippen molar-refractivity contribution in [2.75, 3.05) is 13.1 Å². The first-order chi connectivity index (χ1) is 12.2. The molecular weight excluding hydrogens is 336 g/mol. The Labute approximate surface area is 151 Å². The summed E-state index contributed by atoms with van der Waals surface area (Å²) in [6.07, 6.45) is 8.55. The Hall–Kier alpha value is -1.73. The maximum atomic E-state index is 13.0. The Balaban J connectivity index is 1.43. The van der Waals surface area contributed by atoms with Crippen LogP contribution in [0.5, 0.6) is 0 Å². The minimum absolute atomic E-state index is 0.0846. The lowest BCUT2D eigenvalue weighted by Crippen LogP contribution is -2.41. The van der Waals surface area contributed by atoms with Crippen molar-refractivity contribution in [3.05, 3.63) is 33.3 Å². The summed E-state index contributed by atoms with van der Waals surface area (Å²) in [6.45, 7) is 2.29. The number of nitrogens with zero attached hydrogens (tertiary/aromatic N) is 4. The molecule has 1 fully saturated rings. The van der Waals surface area contributed by atoms with E-state index in [0.29, 0.717) is 11.6 Å². The van der Waals surface area contributed by atoms with Gasteiger partial charge in [0, 0.05) is 19.6 Å². The molecule has 1 N–H and O–H groups in total. The zero-order valence-corrected chi connectivity index (χ0v) is 15.2. The van der Waals surface area contributed by atoms with Crippen molar-refractivity contribution in [2.24, 2.45) is 5.92 Å². The third-order valence-corrected chi connectivity index (χ3v) is 6.36. The van der Waals surface area contributed by atoms with Crippen molar-refractivity contribution in [1.29, 1.82) is 0 Å². The zero-order chi connectivity index (χ0) is 17.2. The number of aliphatic hydroxyl groups is 1. The molecule has 3 heterocycles. The number of carbonyl (C=O) groups is 1. The smallest absolute Gasteiger partial charge is 0.264 e. The van der Waals surface area contributed by atoms with E-state index in [-0.39, 0.29) is 12.5 Å². The maximum Gasteiger partial charge on any atom is 0.264 e. The maximum absolute atomic E-state index is 13.0. The number of amides is 1. The summed E-state index contributed by atoms with van der Waals surface area (Å²) in [5, 5.41) is 19.3. The number of aryl methyl sites for hydroxylation is 1. The molecule has 6 nitrogen and oxygen atoms in total. The fourth-order valence-corrected chi connectivity index (χ4v) is 5.13. The van der Waals surface area contributed by atoms with Gasteiger partial charge < -0.3 is 10.0 Å². The van der Waals surface area contributed by atoms with Crippen LogP contribution in [0.4, 0.5) is 0 Å². The Morgan fingerprint density at radius 2 is 2.20 bits per heavy atom. The van der Waals surface area contributed by atoms with Gasteiger partial charge in [0.25, 0.3) is 5.91 Å². The predicted octanol–water partition coefficient (Wildman–Crippen LogP) is 2.26. The largest absolute Gasteiger partial charge is 0.390 e. The highest BCUT2D eigenvalue weighted by Gasteiger charge is 2.28. The molecular formula is C18H24N4O2S. The first-order valence-corrected chi connectivity index (χ1v) is 10.0. The van der Waals surface area contributed by atoms with Crippen molar-refractivity contribution in [3.8, 4) is 0 Å². The molecule has 7 heteroatoms. The van der Waals surface area contributed by atoms with Crippen LogP contribution in [-0.2, 0) is 26.0 Å². The van der Waals surface area contributed by atoms with Crippen LogP contribution in [0, 0.1) is 5.92 Å². The van der Waals surface area contributed by atoms with Gasteiger partial charge in [-0.05, 0) is 60.9 Å². The minimum Gasteiger partial charge on any atom is -0.390 e. The highest BCUT2D eigenvalue weighted by Crippen LogP contribution is 2.31. The first-order valence-electron chi connectivity index (χ1n) is 9.13. The van der Waals surface area contributed by atoms with Crippen molar-refractivity contribution in [2.45, 2.75) is 51.7 Å². The van der Waals surface area contributed by atoms with Gasteiger partial charge in [0.1, 0.15) is 5.69 Å². The number of hydrogen-bond acceptors (Lipinski definition) is 5. The van der Waals surface area contributed by atoms with E-state index in [1.54, 1.807) is 22.2 Å². The lowest BCUT2D eigenvalue weighted by Gasteiger charge is -2.32. The molecule has 0 radical (unpaired) electrons. The molecule has 1 saturated heterocycles. The van der Waals surface area contributed by atoms with Crippen molar-refractivity contribution < 1.29 is 9.90 Å². The minimum atomic E-state index is -0.0846. The van der Waals surface area contributed by atoms with Crippen molar-refractivity contribution in [3.63, 3.8) is 0 Å². The molecule has 0 bridgehead atoms. The van der Waals surface area contributed by atoms with Crippen LogP contribution in [0.2, 0.25) is 0 Å². The summed E-state index contributed by atoms with van der Waals surface area (Å²) in [7, 11) is 0. The van der Waals surface area contributed by atoms with Crippen molar-refractivity contribution >= 4 is 17.2 Å². The SMILES string of the molecule is O=C(c1scc2c1CCCC2)N1CCCC(Cn2cc(CO)nn2)C1. The average molecular weight is 360 g/mol. The molecule has 0 saturated carbocycles. The average Bonchev–Trinajstić information content (AvgIpc) is 3.28. The van der Waals surface area contributed by atoms with E-state index in [1.807, 2.05) is 4.90 Å². The number of thiophene rings is 1. The van der Waals surface area contributed by atoms with E-state index >= 15 is 0 Å². The molecule has 134 valence electrons. The van der Waals surface area contributed by atoms with Crippen LogP contribution >= 0.6 is 11.3 Å². The van der Waals surface area contributed by atoms with Crippen molar-refractivity contribution in [1.82, 2.24) is 19.9 Å². The van der Waals surface area contributed by atoms with Gasteiger partial charge >= 0.3 is 0 Å². The van der Waals surface area contributed by atoms with E-state index in [9.17, 15) is 4.79 Å². The Kier molecular flexibility index (Phi) is 4.85. The molecule has 2 aliphatic rings. The second-order valence-corrected chi connectivity index (χ2v) is 8.00. The van der Waals surface area contributed by atoms with Crippen LogP contribution < -0.4 is 0 Å². The van der Waals surface area contributed by atoms with Crippen LogP contribution in [0.3, 0.4) is 0 Å². The summed E-state index contributed by atoms with van der Waals surface area (Å²) in [6, 6.07) is 0. The molecule has 2 aromatic heterocycles. The highest BCUT2D eigenvalue weighted by atomic mass is 32.1. The van der Waals surface area contributed by atoms with Gasteiger partial charge in [-0.3, -0.25) is 9.48 Å². The number of aliphatic hydroxyl groups excluding tert-OH is 1. The monoisotopic (exact) mass is 360 g/mol. The third kappa shape index (κ3) is 3.48. The zero-order valence-electron chi connectivity index (χ0n) is 14.4. The van der Waals surface area contributed by atoms with Crippen LogP contribution in [-0.4, -0.2) is 44.0 Å². The van der Waals surface area contributed by atoms with E-state index < -0.39 is 0 Å². The predicted molar refractivity (Wildman–Crippen MR) is 95.5 cm³/mol. The summed E-state index contributed by atoms with van der Waals surface area (Å²) in [5.74, 6) is 0.606. The quantitative estimate of drug-likeness (QED) is 0.908. The number of likely N-dealkylation sites (tertiary alicyclic amines) is 1. The molecule has 1 aliphatic carbocycles. The summed E-state index contributed by atoms with van der Waals surface area (Å²) in [4.78, 5) is 16.0. The lowest BCUT2D eigenvalue weighted by atomic mass is 9.93. The van der Waals surface area contributed by atoms with Gasteiger partial charge in [-0.25, -0.2) is 0 Å². The molecule has 0 aromatic carbocycles. The number of rotatable bonds is 4. The number of fused-ring (bicyclic) bond motifs is 1. The third-order valence-electron chi connectivity index (χ3n) is 5.30. The number of hydrogen-bond donors (Lipinski definition) is 1. The molecule has 0 spiro atoms. The molecule has 2 aromatic rings. The van der Waals surface area contributed by atoms with E-state index in [2.05, 4.69) is 15.7 Å². The van der Waals surface area contributed by atoms with Crippen LogP contribution in [0.25, 0.3) is 0 Å². The Bertz CT molecular complexity index is 754. The molecule has 1 aliphatic heterocycles. The summed E-state index contributed by atoms with van der Waals surface area (Å²) < 4.78 is 1.79. The fraction of sp³-hybridized carbons (Fsp3) is 0.611. The Morgan fingerprint density at radius 1 is 1.32 bits per heavy atom. The Morgan fingerprint density at radius 3 is 3.04 bits per heavy atom. The van der Waals surface area contributed by atoms with E-state index in [1.165, 1.54) is 24.0 Å². The summed E-state index contributed by atoms with van der Waals surface area (Å²) >= 11 is 1.63. The highest BCUT2D eigenvalue weighted by molar-refractivity contribution is 7.12. The topological polar surface area (TPSA) is 71.2 Å². The van der Waals surface area contributed by atoms with Gasteiger partial charge in [0.15, 0.2) is 0 Å². The molecule has 4 rings (SSSR count). The van der Waals surface area contributed by atoms with E-state index in [0.717, 1.165) is 50.2 Å². The molecule has 25 heavy (non-hydrogen) atoms. The van der Waals surface area contributed by atoms with Gasteiger partial charge in [-0.1, -0.05) is 5.21 Å². The standard InChI is InChI=1S/C18H24N4O2S/c23-11-15-10-22(20-19-15)9-13-4-3-7-21(8-13)18(24)17-16-6-2-1-5-14(16)12-25-17/h10,12-13,23H,1-9,11H2. The number of aromatic nitrogens is 3. The first kappa shape index (κ1) is 16.7. The van der Waals surface area contributed by atoms with Crippen LogP contribution in [0.15, 0.2) is 11.6 Å². The number of carbonyl (C=O) groups excluding carboxylic acids is 1. The molecule has 1 unspecified atom stereocenters. The lowest BCUT2D eigenvalue weighted by molar-refractivity contribution is 0.0663.